The van der Waals surface area contributed by atoms with Crippen LogP contribution in [0.25, 0.3) is 22.2 Å². The number of fused-ring (bicyclic) bond motifs is 2. The van der Waals surface area contributed by atoms with Gasteiger partial charge in [0.1, 0.15) is 5.52 Å². The largest absolute Gasteiger partial charge is 0.378 e. The Morgan fingerprint density at radius 3 is 2.59 bits per heavy atom. The van der Waals surface area contributed by atoms with Crippen LogP contribution in [0.5, 0.6) is 0 Å². The molecule has 0 saturated carbocycles. The summed E-state index contributed by atoms with van der Waals surface area (Å²) in [4.78, 5) is 18.2. The number of nitrogens with zero attached hydrogens (tertiary/aromatic N) is 3. The topological polar surface area (TPSA) is 61.6 Å². The molecule has 172 valence electrons. The van der Waals surface area contributed by atoms with Crippen molar-refractivity contribution < 1.29 is 9.32 Å². The average molecular weight is 453 g/mol. The monoisotopic (exact) mass is 452 g/mol. The van der Waals surface area contributed by atoms with Gasteiger partial charge in [0.2, 0.25) is 0 Å². The van der Waals surface area contributed by atoms with E-state index < -0.39 is 0 Å². The van der Waals surface area contributed by atoms with Crippen molar-refractivity contribution in [2.75, 3.05) is 42.3 Å². The number of nitrogens with one attached hydrogen (secondary N) is 1. The summed E-state index contributed by atoms with van der Waals surface area (Å²) in [5.41, 5.74) is 6.75. The molecule has 1 unspecified atom stereocenters. The minimum Gasteiger partial charge on any atom is -0.378 e. The molecule has 1 aliphatic carbocycles. The molecule has 1 aromatic heterocycles. The quantitative estimate of drug-likeness (QED) is 0.356. The van der Waals surface area contributed by atoms with E-state index in [9.17, 15) is 4.79 Å². The SMILES string of the molecule is CC1CCCN(c2cc(Nc3ccc(N(C)C)cc3)c3c4c(onc24)-c2ccccc2C3=O)C1. The fraction of sp³-hybridized carbons (Fsp3) is 0.286. The Bertz CT molecular complexity index is 1400. The maximum absolute atomic E-state index is 13.8. The lowest BCUT2D eigenvalue weighted by Crippen LogP contribution is -2.34. The Balaban J connectivity index is 1.55. The van der Waals surface area contributed by atoms with Gasteiger partial charge in [0.15, 0.2) is 11.5 Å². The number of benzene rings is 3. The number of hydrogen-bond donors (Lipinski definition) is 1. The van der Waals surface area contributed by atoms with E-state index in [-0.39, 0.29) is 5.78 Å². The van der Waals surface area contributed by atoms with Crippen LogP contribution < -0.4 is 15.1 Å². The molecular formula is C28H28N4O2. The van der Waals surface area contributed by atoms with E-state index in [2.05, 4.69) is 45.4 Å². The second-order valence-corrected chi connectivity index (χ2v) is 9.69. The molecule has 1 saturated heterocycles. The number of carbonyl (C=O) groups excluding carboxylic acids is 1. The number of aromatic nitrogens is 1. The molecule has 1 atom stereocenters. The highest BCUT2D eigenvalue weighted by atomic mass is 16.5. The summed E-state index contributed by atoms with van der Waals surface area (Å²) in [6, 6.07) is 18.0. The van der Waals surface area contributed by atoms with Crippen molar-refractivity contribution in [3.8, 4) is 11.3 Å². The van der Waals surface area contributed by atoms with E-state index in [0.29, 0.717) is 22.8 Å². The fourth-order valence-corrected chi connectivity index (χ4v) is 5.29. The molecule has 1 aliphatic heterocycles. The van der Waals surface area contributed by atoms with Gasteiger partial charge in [-0.05, 0) is 49.1 Å². The van der Waals surface area contributed by atoms with Gasteiger partial charge in [0.25, 0.3) is 0 Å². The zero-order valence-corrected chi connectivity index (χ0v) is 19.8. The minimum atomic E-state index is 0.00211. The van der Waals surface area contributed by atoms with E-state index in [1.54, 1.807) is 0 Å². The van der Waals surface area contributed by atoms with Crippen LogP contribution in [0.2, 0.25) is 0 Å². The van der Waals surface area contributed by atoms with E-state index in [1.807, 2.05) is 50.5 Å². The van der Waals surface area contributed by atoms with Crippen LogP contribution in [-0.4, -0.2) is 38.1 Å². The minimum absolute atomic E-state index is 0.00211. The Morgan fingerprint density at radius 1 is 1.09 bits per heavy atom. The molecule has 1 fully saturated rings. The third-order valence-electron chi connectivity index (χ3n) is 7.04. The van der Waals surface area contributed by atoms with Crippen LogP contribution in [0.3, 0.4) is 0 Å². The molecule has 4 aromatic rings. The van der Waals surface area contributed by atoms with Crippen LogP contribution in [0, 0.1) is 5.92 Å². The van der Waals surface area contributed by atoms with Crippen molar-refractivity contribution >= 4 is 39.4 Å². The van der Waals surface area contributed by atoms with Crippen molar-refractivity contribution in [1.29, 1.82) is 0 Å². The van der Waals surface area contributed by atoms with Gasteiger partial charge in [-0.2, -0.15) is 0 Å². The van der Waals surface area contributed by atoms with Gasteiger partial charge in [-0.1, -0.05) is 36.3 Å². The molecule has 0 spiro atoms. The van der Waals surface area contributed by atoms with Crippen molar-refractivity contribution in [2.45, 2.75) is 19.8 Å². The van der Waals surface area contributed by atoms with Crippen LogP contribution in [0.1, 0.15) is 35.7 Å². The van der Waals surface area contributed by atoms with Crippen molar-refractivity contribution in [3.63, 3.8) is 0 Å². The van der Waals surface area contributed by atoms with Gasteiger partial charge < -0.3 is 19.6 Å². The smallest absolute Gasteiger partial charge is 0.196 e. The highest BCUT2D eigenvalue weighted by molar-refractivity contribution is 6.28. The molecule has 1 N–H and O–H groups in total. The number of piperidine rings is 1. The molecule has 6 rings (SSSR count). The molecular weight excluding hydrogens is 424 g/mol. The number of ketones is 1. The molecule has 0 radical (unpaired) electrons. The first-order valence-electron chi connectivity index (χ1n) is 11.9. The van der Waals surface area contributed by atoms with Gasteiger partial charge in [0, 0.05) is 49.7 Å². The summed E-state index contributed by atoms with van der Waals surface area (Å²) in [7, 11) is 4.05. The fourth-order valence-electron chi connectivity index (χ4n) is 5.29. The first kappa shape index (κ1) is 20.8. The lowest BCUT2D eigenvalue weighted by molar-refractivity contribution is 0.104. The lowest BCUT2D eigenvalue weighted by Gasteiger charge is -2.33. The lowest BCUT2D eigenvalue weighted by atomic mass is 9.86. The maximum Gasteiger partial charge on any atom is 0.196 e. The molecule has 2 heterocycles. The Hall–Kier alpha value is -3.80. The summed E-state index contributed by atoms with van der Waals surface area (Å²) >= 11 is 0. The van der Waals surface area contributed by atoms with E-state index in [1.165, 1.54) is 6.42 Å². The summed E-state index contributed by atoms with van der Waals surface area (Å²) in [5.74, 6) is 1.29. The highest BCUT2D eigenvalue weighted by Crippen LogP contribution is 2.46. The van der Waals surface area contributed by atoms with Crippen LogP contribution in [0.4, 0.5) is 22.7 Å². The maximum atomic E-state index is 13.8. The van der Waals surface area contributed by atoms with E-state index >= 15 is 0 Å². The van der Waals surface area contributed by atoms with Crippen molar-refractivity contribution in [3.05, 3.63) is 65.7 Å². The molecule has 3 aromatic carbocycles. The Morgan fingerprint density at radius 2 is 1.85 bits per heavy atom. The predicted molar refractivity (Wildman–Crippen MR) is 138 cm³/mol. The zero-order valence-electron chi connectivity index (χ0n) is 19.8. The molecule has 6 heteroatoms. The molecule has 0 bridgehead atoms. The summed E-state index contributed by atoms with van der Waals surface area (Å²) in [6.45, 7) is 4.24. The average Bonchev–Trinajstić information content (AvgIpc) is 3.28. The normalized spacial score (nSPS) is 17.1. The van der Waals surface area contributed by atoms with Crippen molar-refractivity contribution in [2.24, 2.45) is 5.92 Å². The van der Waals surface area contributed by atoms with Gasteiger partial charge in [-0.25, -0.2) is 0 Å². The number of carbonyl (C=O) groups is 1. The van der Waals surface area contributed by atoms with Gasteiger partial charge >= 0.3 is 0 Å². The first-order valence-corrected chi connectivity index (χ1v) is 11.9. The third kappa shape index (κ3) is 3.24. The Labute approximate surface area is 199 Å². The van der Waals surface area contributed by atoms with Gasteiger partial charge in [-0.3, -0.25) is 4.79 Å². The standard InChI is InChI=1S/C28H28N4O2/c1-17-7-6-14-32(16-17)23-15-22(29-18-10-12-19(13-11-18)31(2)3)24-25-26(23)30-34-28(25)21-9-5-4-8-20(21)27(24)33/h4-5,8-13,15,17,29H,6-7,14,16H2,1-3H3. The highest BCUT2D eigenvalue weighted by Gasteiger charge is 2.34. The van der Waals surface area contributed by atoms with E-state index in [4.69, 9.17) is 4.52 Å². The molecule has 0 amide bonds. The van der Waals surface area contributed by atoms with E-state index in [0.717, 1.165) is 58.7 Å². The van der Waals surface area contributed by atoms with Gasteiger partial charge in [-0.15, -0.1) is 0 Å². The van der Waals surface area contributed by atoms with Gasteiger partial charge in [0.05, 0.1) is 22.3 Å². The summed E-state index contributed by atoms with van der Waals surface area (Å²) < 4.78 is 5.91. The Kier molecular flexibility index (Phi) is 4.83. The number of rotatable bonds is 4. The molecule has 6 nitrogen and oxygen atoms in total. The van der Waals surface area contributed by atoms with Crippen LogP contribution >= 0.6 is 0 Å². The second kappa shape index (κ2) is 7.90. The number of anilines is 4. The summed E-state index contributed by atoms with van der Waals surface area (Å²) in [6.07, 6.45) is 2.38. The van der Waals surface area contributed by atoms with Crippen LogP contribution in [-0.2, 0) is 0 Å². The predicted octanol–water partition coefficient (Wildman–Crippen LogP) is 6.09. The zero-order chi connectivity index (χ0) is 23.4. The first-order chi connectivity index (χ1) is 16.5. The second-order valence-electron chi connectivity index (χ2n) is 9.69. The molecule has 34 heavy (non-hydrogen) atoms. The van der Waals surface area contributed by atoms with Crippen molar-refractivity contribution in [1.82, 2.24) is 5.16 Å². The molecule has 2 aliphatic rings. The summed E-state index contributed by atoms with van der Waals surface area (Å²) in [5, 5.41) is 8.86. The third-order valence-corrected chi connectivity index (χ3v) is 7.04. The van der Waals surface area contributed by atoms with Crippen LogP contribution in [0.15, 0.2) is 59.1 Å². The number of hydrogen-bond acceptors (Lipinski definition) is 6.